The lowest BCUT2D eigenvalue weighted by atomic mass is 10.2. The van der Waals surface area contributed by atoms with E-state index in [0.717, 1.165) is 6.42 Å². The van der Waals surface area contributed by atoms with E-state index in [2.05, 4.69) is 11.1 Å². The lowest BCUT2D eigenvalue weighted by Crippen LogP contribution is -2.24. The Morgan fingerprint density at radius 2 is 2.25 bits per heavy atom. The van der Waals surface area contributed by atoms with Crippen LogP contribution < -0.4 is 5.56 Å². The molecule has 0 spiro atoms. The zero-order chi connectivity index (χ0) is 14.4. The van der Waals surface area contributed by atoms with Crippen LogP contribution in [-0.4, -0.2) is 29.0 Å². The number of thioether (sulfide) groups is 1. The van der Waals surface area contributed by atoms with E-state index >= 15 is 0 Å². The van der Waals surface area contributed by atoms with Gasteiger partial charge in [-0.3, -0.25) is 9.36 Å². The molecule has 0 unspecified atom stereocenters. The van der Waals surface area contributed by atoms with Crippen LogP contribution in [0.3, 0.4) is 0 Å². The van der Waals surface area contributed by atoms with E-state index in [1.807, 2.05) is 18.2 Å². The summed E-state index contributed by atoms with van der Waals surface area (Å²) in [6.07, 6.45) is 0.733. The van der Waals surface area contributed by atoms with Crippen molar-refractivity contribution in [1.82, 2.24) is 9.55 Å². The Labute approximate surface area is 121 Å². The molecule has 0 amide bonds. The van der Waals surface area contributed by atoms with Crippen LogP contribution in [0.1, 0.15) is 6.42 Å². The van der Waals surface area contributed by atoms with Crippen LogP contribution in [0.2, 0.25) is 0 Å². The predicted octanol–water partition coefficient (Wildman–Crippen LogP) is 2.05. The highest BCUT2D eigenvalue weighted by molar-refractivity contribution is 7.99. The van der Waals surface area contributed by atoms with Crippen molar-refractivity contribution >= 4 is 22.7 Å². The third kappa shape index (κ3) is 3.18. The van der Waals surface area contributed by atoms with Crippen molar-refractivity contribution in [2.24, 2.45) is 0 Å². The van der Waals surface area contributed by atoms with Gasteiger partial charge in [-0.2, -0.15) is 5.26 Å². The zero-order valence-electron chi connectivity index (χ0n) is 11.2. The van der Waals surface area contributed by atoms with Crippen LogP contribution in [0, 0.1) is 11.3 Å². The van der Waals surface area contributed by atoms with E-state index < -0.39 is 0 Å². The van der Waals surface area contributed by atoms with Gasteiger partial charge < -0.3 is 4.74 Å². The second-order valence-electron chi connectivity index (χ2n) is 4.16. The van der Waals surface area contributed by atoms with Gasteiger partial charge in [0.15, 0.2) is 5.16 Å². The number of fused-ring (bicyclic) bond motifs is 1. The number of para-hydroxylation sites is 1. The van der Waals surface area contributed by atoms with E-state index in [4.69, 9.17) is 10.00 Å². The van der Waals surface area contributed by atoms with Crippen LogP contribution in [0.25, 0.3) is 10.9 Å². The van der Waals surface area contributed by atoms with E-state index in [9.17, 15) is 4.79 Å². The Bertz CT molecular complexity index is 691. The Kier molecular flexibility index (Phi) is 5.16. The van der Waals surface area contributed by atoms with Crippen LogP contribution >= 0.6 is 11.8 Å². The number of rotatable bonds is 6. The highest BCUT2D eigenvalue weighted by Crippen LogP contribution is 2.17. The van der Waals surface area contributed by atoms with Crippen LogP contribution in [-0.2, 0) is 11.3 Å². The summed E-state index contributed by atoms with van der Waals surface area (Å²) in [5.74, 6) is 0.273. The van der Waals surface area contributed by atoms with Crippen molar-refractivity contribution in [3.63, 3.8) is 0 Å². The predicted molar refractivity (Wildman–Crippen MR) is 78.8 cm³/mol. The smallest absolute Gasteiger partial charge is 0.262 e. The van der Waals surface area contributed by atoms with Crippen LogP contribution in [0.15, 0.2) is 34.2 Å². The average Bonchev–Trinajstić information content (AvgIpc) is 2.48. The van der Waals surface area contributed by atoms with Gasteiger partial charge in [-0.15, -0.1) is 0 Å². The molecule has 0 fully saturated rings. The maximum absolute atomic E-state index is 12.5. The van der Waals surface area contributed by atoms with Gasteiger partial charge in [0.05, 0.1) is 22.7 Å². The largest absolute Gasteiger partial charge is 0.385 e. The molecule has 0 bridgehead atoms. The first-order valence-corrected chi connectivity index (χ1v) is 7.24. The zero-order valence-corrected chi connectivity index (χ0v) is 12.0. The monoisotopic (exact) mass is 289 g/mol. The maximum atomic E-state index is 12.5. The number of methoxy groups -OCH3 is 1. The number of nitrogens with zero attached hydrogens (tertiary/aromatic N) is 3. The van der Waals surface area contributed by atoms with Crippen molar-refractivity contribution in [3.8, 4) is 6.07 Å². The molecule has 0 aliphatic rings. The summed E-state index contributed by atoms with van der Waals surface area (Å²) in [4.78, 5) is 17.0. The van der Waals surface area contributed by atoms with Gasteiger partial charge in [-0.05, 0) is 18.6 Å². The molecule has 5 nitrogen and oxygen atoms in total. The standard InChI is InChI=1S/C14H15N3O2S/c1-19-9-4-8-17-13(18)11-5-2-3-6-12(11)16-14(17)20-10-7-15/h2-3,5-6H,4,8-10H2,1H3. The minimum atomic E-state index is -0.0628. The summed E-state index contributed by atoms with van der Waals surface area (Å²) < 4.78 is 6.65. The first-order chi connectivity index (χ1) is 9.77. The summed E-state index contributed by atoms with van der Waals surface area (Å²) in [5, 5.41) is 9.90. The summed E-state index contributed by atoms with van der Waals surface area (Å²) in [6, 6.07) is 9.32. The van der Waals surface area contributed by atoms with E-state index in [0.29, 0.717) is 29.2 Å². The molecule has 1 aromatic carbocycles. The van der Waals surface area contributed by atoms with E-state index in [-0.39, 0.29) is 11.3 Å². The average molecular weight is 289 g/mol. The van der Waals surface area contributed by atoms with Crippen molar-refractivity contribution in [2.75, 3.05) is 19.5 Å². The Morgan fingerprint density at radius 3 is 3.00 bits per heavy atom. The molecule has 2 aromatic rings. The van der Waals surface area contributed by atoms with E-state index in [1.165, 1.54) is 11.8 Å². The summed E-state index contributed by atoms with van der Waals surface area (Å²) in [5.41, 5.74) is 0.605. The quantitative estimate of drug-likeness (QED) is 0.462. The minimum Gasteiger partial charge on any atom is -0.385 e. The van der Waals surface area contributed by atoms with Gasteiger partial charge in [0.2, 0.25) is 0 Å². The molecule has 20 heavy (non-hydrogen) atoms. The Balaban J connectivity index is 2.46. The van der Waals surface area contributed by atoms with Gasteiger partial charge in [0, 0.05) is 20.3 Å². The van der Waals surface area contributed by atoms with Gasteiger partial charge >= 0.3 is 0 Å². The number of hydrogen-bond acceptors (Lipinski definition) is 5. The summed E-state index contributed by atoms with van der Waals surface area (Å²) in [6.45, 7) is 1.12. The fourth-order valence-corrected chi connectivity index (χ4v) is 2.61. The van der Waals surface area contributed by atoms with Gasteiger partial charge in [0.1, 0.15) is 0 Å². The second-order valence-corrected chi connectivity index (χ2v) is 5.10. The normalized spacial score (nSPS) is 10.6. The molecular weight excluding hydrogens is 274 g/mol. The van der Waals surface area contributed by atoms with Crippen molar-refractivity contribution in [2.45, 2.75) is 18.1 Å². The fourth-order valence-electron chi connectivity index (χ4n) is 1.92. The highest BCUT2D eigenvalue weighted by Gasteiger charge is 2.10. The molecule has 0 atom stereocenters. The number of aromatic nitrogens is 2. The Hall–Kier alpha value is -1.84. The second kappa shape index (κ2) is 7.08. The summed E-state index contributed by atoms with van der Waals surface area (Å²) >= 11 is 1.28. The molecule has 0 saturated heterocycles. The lowest BCUT2D eigenvalue weighted by Gasteiger charge is -2.11. The molecule has 0 saturated carbocycles. The molecule has 0 aliphatic carbocycles. The van der Waals surface area contributed by atoms with Crippen molar-refractivity contribution in [3.05, 3.63) is 34.6 Å². The topological polar surface area (TPSA) is 67.9 Å². The third-order valence-electron chi connectivity index (χ3n) is 2.82. The van der Waals surface area contributed by atoms with Crippen LogP contribution in [0.4, 0.5) is 0 Å². The fraction of sp³-hybridized carbons (Fsp3) is 0.357. The number of ether oxygens (including phenoxy) is 1. The molecule has 1 heterocycles. The highest BCUT2D eigenvalue weighted by atomic mass is 32.2. The third-order valence-corrected chi connectivity index (χ3v) is 3.67. The number of benzene rings is 1. The molecule has 0 N–H and O–H groups in total. The van der Waals surface area contributed by atoms with Crippen molar-refractivity contribution in [1.29, 1.82) is 5.26 Å². The molecule has 0 aliphatic heterocycles. The molecule has 1 aromatic heterocycles. The summed E-state index contributed by atoms with van der Waals surface area (Å²) in [7, 11) is 1.63. The van der Waals surface area contributed by atoms with E-state index in [1.54, 1.807) is 17.7 Å². The lowest BCUT2D eigenvalue weighted by molar-refractivity contribution is 0.189. The Morgan fingerprint density at radius 1 is 1.45 bits per heavy atom. The molecule has 104 valence electrons. The molecule has 2 rings (SSSR count). The van der Waals surface area contributed by atoms with Gasteiger partial charge in [-0.25, -0.2) is 4.98 Å². The molecule has 6 heteroatoms. The minimum absolute atomic E-state index is 0.0628. The number of hydrogen-bond donors (Lipinski definition) is 0. The first-order valence-electron chi connectivity index (χ1n) is 6.26. The maximum Gasteiger partial charge on any atom is 0.262 e. The van der Waals surface area contributed by atoms with Gasteiger partial charge in [-0.1, -0.05) is 23.9 Å². The van der Waals surface area contributed by atoms with Crippen molar-refractivity contribution < 1.29 is 4.74 Å². The van der Waals surface area contributed by atoms with Crippen LogP contribution in [0.5, 0.6) is 0 Å². The SMILES string of the molecule is COCCCn1c(SCC#N)nc2ccccc2c1=O. The molecular formula is C14H15N3O2S. The first kappa shape index (κ1) is 14.6. The number of nitriles is 1. The molecule has 0 radical (unpaired) electrons. The van der Waals surface area contributed by atoms with Gasteiger partial charge in [0.25, 0.3) is 5.56 Å².